The molecule has 1 fully saturated rings. The molecule has 8 nitrogen and oxygen atoms in total. The number of aromatic nitrogens is 4. The van der Waals surface area contributed by atoms with Gasteiger partial charge in [0.25, 0.3) is 5.88 Å². The number of benzene rings is 1. The summed E-state index contributed by atoms with van der Waals surface area (Å²) in [5, 5.41) is 11.6. The second-order valence-electron chi connectivity index (χ2n) is 6.32. The Balaban J connectivity index is 1.64. The number of rotatable bonds is 7. The summed E-state index contributed by atoms with van der Waals surface area (Å²) in [7, 11) is 3.12. The van der Waals surface area contributed by atoms with Gasteiger partial charge in [0, 0.05) is 36.3 Å². The number of methoxy groups -OCH3 is 2. The molecule has 0 bridgehead atoms. The van der Waals surface area contributed by atoms with E-state index in [4.69, 9.17) is 13.7 Å². The predicted molar refractivity (Wildman–Crippen MR) is 108 cm³/mol. The van der Waals surface area contributed by atoms with E-state index in [1.54, 1.807) is 26.6 Å². The molecule has 0 unspecified atom stereocenters. The topological polar surface area (TPSA) is 91.3 Å². The summed E-state index contributed by atoms with van der Waals surface area (Å²) in [5.74, 6) is 2.04. The summed E-state index contributed by atoms with van der Waals surface area (Å²) in [5.41, 5.74) is 3.07. The Kier molecular flexibility index (Phi) is 5.16. The van der Waals surface area contributed by atoms with E-state index < -0.39 is 0 Å². The summed E-state index contributed by atoms with van der Waals surface area (Å²) >= 11 is 3.99. The average molecular weight is 397 g/mol. The summed E-state index contributed by atoms with van der Waals surface area (Å²) in [4.78, 5) is 8.60. The quantitative estimate of drug-likeness (QED) is 0.463. The highest BCUT2D eigenvalue weighted by atomic mass is 32.1. The number of nitrogens with zero attached hydrogens (tertiary/aromatic N) is 4. The second-order valence-corrected chi connectivity index (χ2v) is 6.51. The lowest BCUT2D eigenvalue weighted by molar-refractivity contribution is 0.343. The van der Waals surface area contributed by atoms with Gasteiger partial charge in [-0.05, 0) is 36.6 Å². The molecule has 4 rings (SSSR count). The zero-order chi connectivity index (χ0) is 19.5. The molecule has 2 heterocycles. The highest BCUT2D eigenvalue weighted by Gasteiger charge is 2.22. The summed E-state index contributed by atoms with van der Waals surface area (Å²) in [6.45, 7) is 0. The predicted octanol–water partition coefficient (Wildman–Crippen LogP) is 3.42. The minimum Gasteiger partial charge on any atom is -0.491 e. The van der Waals surface area contributed by atoms with E-state index in [1.807, 2.05) is 24.3 Å². The largest absolute Gasteiger partial charge is 0.491 e. The highest BCUT2D eigenvalue weighted by Crippen LogP contribution is 2.36. The van der Waals surface area contributed by atoms with Crippen molar-refractivity contribution in [2.75, 3.05) is 19.5 Å². The van der Waals surface area contributed by atoms with Crippen molar-refractivity contribution in [2.24, 2.45) is 0 Å². The van der Waals surface area contributed by atoms with Crippen LogP contribution in [0.2, 0.25) is 0 Å². The molecule has 144 valence electrons. The van der Waals surface area contributed by atoms with E-state index >= 15 is 0 Å². The van der Waals surface area contributed by atoms with Crippen molar-refractivity contribution < 1.29 is 13.7 Å². The van der Waals surface area contributed by atoms with E-state index in [-0.39, 0.29) is 0 Å². The molecule has 3 aromatic rings. The van der Waals surface area contributed by atoms with E-state index in [1.165, 1.54) is 0 Å². The van der Waals surface area contributed by atoms with Crippen molar-refractivity contribution in [3.05, 3.63) is 36.7 Å². The van der Waals surface area contributed by atoms with Crippen molar-refractivity contribution in [3.8, 4) is 39.8 Å². The molecule has 0 aliphatic heterocycles. The van der Waals surface area contributed by atoms with Crippen molar-refractivity contribution in [3.63, 3.8) is 0 Å². The van der Waals surface area contributed by atoms with Gasteiger partial charge in [-0.3, -0.25) is 0 Å². The number of hydrogen-bond donors (Lipinski definition) is 2. The number of ether oxygens (including phenoxy) is 2. The van der Waals surface area contributed by atoms with Gasteiger partial charge in [0.1, 0.15) is 11.4 Å². The maximum absolute atomic E-state index is 5.32. The number of anilines is 1. The standard InChI is InChI=1S/C19H19N5O3S/c1-25-17-8-12(9-20-18(17)26-2)11-3-6-14(16(7-11)27-28)15-10-21-19(24-23-15)22-13-4-5-13/h3,6-10,13,28H,4-5H2,1-2H3,(H,21,22,24). The van der Waals surface area contributed by atoms with E-state index in [2.05, 4.69) is 38.4 Å². The Morgan fingerprint density at radius 1 is 0.964 bits per heavy atom. The maximum atomic E-state index is 5.32. The smallest absolute Gasteiger partial charge is 0.256 e. The molecule has 0 saturated heterocycles. The van der Waals surface area contributed by atoms with E-state index in [9.17, 15) is 0 Å². The SMILES string of the molecule is COc1cc(-c2ccc(-c3cnc(NC4CC4)nn3)c(OS)c2)cnc1OC. The lowest BCUT2D eigenvalue weighted by atomic mass is 10.0. The molecule has 1 saturated carbocycles. The Morgan fingerprint density at radius 3 is 2.43 bits per heavy atom. The zero-order valence-electron chi connectivity index (χ0n) is 15.4. The maximum Gasteiger partial charge on any atom is 0.256 e. The molecule has 2 aromatic heterocycles. The van der Waals surface area contributed by atoms with Crippen LogP contribution in [0.25, 0.3) is 22.4 Å². The van der Waals surface area contributed by atoms with Crippen molar-refractivity contribution in [1.29, 1.82) is 0 Å². The van der Waals surface area contributed by atoms with Crippen LogP contribution in [0.15, 0.2) is 36.7 Å². The third-order valence-corrected chi connectivity index (χ3v) is 4.59. The van der Waals surface area contributed by atoms with Gasteiger partial charge in [-0.1, -0.05) is 6.07 Å². The molecule has 0 atom stereocenters. The highest BCUT2D eigenvalue weighted by molar-refractivity contribution is 7.75. The van der Waals surface area contributed by atoms with Crippen LogP contribution in [0.1, 0.15) is 12.8 Å². The molecule has 0 radical (unpaired) electrons. The third kappa shape index (κ3) is 3.79. The molecular weight excluding hydrogens is 378 g/mol. The first-order valence-electron chi connectivity index (χ1n) is 8.72. The third-order valence-electron chi connectivity index (χ3n) is 4.39. The molecule has 1 aromatic carbocycles. The van der Waals surface area contributed by atoms with Gasteiger partial charge in [-0.15, -0.1) is 10.2 Å². The van der Waals surface area contributed by atoms with E-state index in [0.29, 0.717) is 35.1 Å². The first kappa shape index (κ1) is 18.3. The van der Waals surface area contributed by atoms with Gasteiger partial charge in [-0.2, -0.15) is 0 Å². The van der Waals surface area contributed by atoms with Gasteiger partial charge >= 0.3 is 0 Å². The number of nitrogens with one attached hydrogen (secondary N) is 1. The van der Waals surface area contributed by atoms with Gasteiger partial charge < -0.3 is 19.0 Å². The molecule has 28 heavy (non-hydrogen) atoms. The monoisotopic (exact) mass is 397 g/mol. The van der Waals surface area contributed by atoms with Gasteiger partial charge in [0.2, 0.25) is 5.95 Å². The van der Waals surface area contributed by atoms with E-state index in [0.717, 1.165) is 29.5 Å². The van der Waals surface area contributed by atoms with Crippen LogP contribution >= 0.6 is 12.9 Å². The Hall–Kier alpha value is -3.07. The van der Waals surface area contributed by atoms with Gasteiger partial charge in [-0.25, -0.2) is 9.97 Å². The molecular formula is C19H19N5O3S. The fourth-order valence-electron chi connectivity index (χ4n) is 2.75. The van der Waals surface area contributed by atoms with Crippen LogP contribution in [0.4, 0.5) is 5.95 Å². The minimum absolute atomic E-state index is 0.426. The number of hydrogen-bond acceptors (Lipinski definition) is 9. The van der Waals surface area contributed by atoms with Crippen LogP contribution in [-0.2, 0) is 0 Å². The summed E-state index contributed by atoms with van der Waals surface area (Å²) in [6, 6.07) is 7.99. The second kappa shape index (κ2) is 7.89. The van der Waals surface area contributed by atoms with Crippen molar-refractivity contribution in [2.45, 2.75) is 18.9 Å². The summed E-state index contributed by atoms with van der Waals surface area (Å²) in [6.07, 6.45) is 5.67. The summed E-state index contributed by atoms with van der Waals surface area (Å²) < 4.78 is 15.8. The molecule has 9 heteroatoms. The normalized spacial score (nSPS) is 13.1. The van der Waals surface area contributed by atoms with Crippen LogP contribution in [0.3, 0.4) is 0 Å². The van der Waals surface area contributed by atoms with Crippen LogP contribution in [0, 0.1) is 0 Å². The molecule has 0 amide bonds. The number of thiol groups is 1. The van der Waals surface area contributed by atoms with Gasteiger partial charge in [0.05, 0.1) is 20.4 Å². The Bertz CT molecular complexity index is 980. The first-order valence-corrected chi connectivity index (χ1v) is 9.09. The fraction of sp³-hybridized carbons (Fsp3) is 0.263. The molecule has 1 N–H and O–H groups in total. The first-order chi connectivity index (χ1) is 13.7. The molecule has 0 spiro atoms. The van der Waals surface area contributed by atoms with Gasteiger partial charge in [0.15, 0.2) is 5.75 Å². The number of pyridine rings is 1. The molecule has 1 aliphatic rings. The lowest BCUT2D eigenvalue weighted by Gasteiger charge is -2.11. The van der Waals surface area contributed by atoms with Crippen molar-refractivity contribution in [1.82, 2.24) is 20.2 Å². The Labute approximate surface area is 167 Å². The van der Waals surface area contributed by atoms with Crippen LogP contribution in [-0.4, -0.2) is 40.4 Å². The van der Waals surface area contributed by atoms with Crippen LogP contribution < -0.4 is 19.0 Å². The fourth-order valence-corrected chi connectivity index (χ4v) is 2.90. The lowest BCUT2D eigenvalue weighted by Crippen LogP contribution is -2.06. The Morgan fingerprint density at radius 2 is 1.79 bits per heavy atom. The average Bonchev–Trinajstić information content (AvgIpc) is 3.57. The van der Waals surface area contributed by atoms with Crippen LogP contribution in [0.5, 0.6) is 17.4 Å². The zero-order valence-corrected chi connectivity index (χ0v) is 16.3. The van der Waals surface area contributed by atoms with Crippen molar-refractivity contribution >= 4 is 18.9 Å². The molecule has 1 aliphatic carbocycles. The minimum atomic E-state index is 0.426.